The first-order chi connectivity index (χ1) is 13.7. The molecule has 2 rings (SSSR count). The maximum atomic E-state index is 11.5. The SMILES string of the molecule is CCNC(=O)COc1cccc(CN=C(NCC)NCCCn2cccn2)c1. The van der Waals surface area contributed by atoms with E-state index in [1.54, 1.807) is 6.20 Å². The molecule has 1 aromatic carbocycles. The van der Waals surface area contributed by atoms with E-state index in [9.17, 15) is 4.79 Å². The molecule has 28 heavy (non-hydrogen) atoms. The molecule has 8 nitrogen and oxygen atoms in total. The van der Waals surface area contributed by atoms with E-state index in [-0.39, 0.29) is 12.5 Å². The molecule has 0 saturated carbocycles. The van der Waals surface area contributed by atoms with Gasteiger partial charge in [-0.1, -0.05) is 12.1 Å². The fourth-order valence-electron chi connectivity index (χ4n) is 2.52. The van der Waals surface area contributed by atoms with Crippen molar-refractivity contribution in [2.75, 3.05) is 26.2 Å². The lowest BCUT2D eigenvalue weighted by Crippen LogP contribution is -2.38. The summed E-state index contributed by atoms with van der Waals surface area (Å²) < 4.78 is 7.44. The summed E-state index contributed by atoms with van der Waals surface area (Å²) in [4.78, 5) is 16.1. The Balaban J connectivity index is 1.81. The Hall–Kier alpha value is -3.03. The van der Waals surface area contributed by atoms with Crippen molar-refractivity contribution in [1.82, 2.24) is 25.7 Å². The number of hydrogen-bond donors (Lipinski definition) is 3. The molecule has 8 heteroatoms. The number of rotatable bonds is 11. The lowest BCUT2D eigenvalue weighted by Gasteiger charge is -2.12. The molecular weight excluding hydrogens is 356 g/mol. The fourth-order valence-corrected chi connectivity index (χ4v) is 2.52. The Labute approximate surface area is 166 Å². The number of aryl methyl sites for hydroxylation is 1. The summed E-state index contributed by atoms with van der Waals surface area (Å²) >= 11 is 0. The predicted octanol–water partition coefficient (Wildman–Crippen LogP) is 1.54. The van der Waals surface area contributed by atoms with Crippen LogP contribution in [0.2, 0.25) is 0 Å². The second-order valence-electron chi connectivity index (χ2n) is 6.13. The van der Waals surface area contributed by atoms with E-state index in [1.807, 2.05) is 55.1 Å². The molecule has 152 valence electrons. The van der Waals surface area contributed by atoms with Crippen molar-refractivity contribution >= 4 is 11.9 Å². The predicted molar refractivity (Wildman–Crippen MR) is 110 cm³/mol. The van der Waals surface area contributed by atoms with Crippen LogP contribution in [0.4, 0.5) is 0 Å². The first kappa shape index (κ1) is 21.3. The molecule has 0 aliphatic rings. The number of ether oxygens (including phenoxy) is 1. The normalized spacial score (nSPS) is 11.1. The number of carbonyl (C=O) groups is 1. The van der Waals surface area contributed by atoms with E-state index >= 15 is 0 Å². The molecule has 0 aliphatic carbocycles. The second kappa shape index (κ2) is 12.4. The first-order valence-electron chi connectivity index (χ1n) is 9.69. The van der Waals surface area contributed by atoms with Crippen LogP contribution >= 0.6 is 0 Å². The molecule has 1 heterocycles. The van der Waals surface area contributed by atoms with Crippen LogP contribution < -0.4 is 20.7 Å². The zero-order valence-corrected chi connectivity index (χ0v) is 16.6. The zero-order chi connectivity index (χ0) is 20.0. The molecule has 0 saturated heterocycles. The average molecular weight is 387 g/mol. The highest BCUT2D eigenvalue weighted by molar-refractivity contribution is 5.79. The van der Waals surface area contributed by atoms with Crippen LogP contribution in [0.15, 0.2) is 47.7 Å². The smallest absolute Gasteiger partial charge is 0.257 e. The topological polar surface area (TPSA) is 92.6 Å². The Bertz CT molecular complexity index is 730. The Kier molecular flexibility index (Phi) is 9.40. The zero-order valence-electron chi connectivity index (χ0n) is 16.6. The maximum Gasteiger partial charge on any atom is 0.257 e. The quantitative estimate of drug-likeness (QED) is 0.310. The monoisotopic (exact) mass is 386 g/mol. The second-order valence-corrected chi connectivity index (χ2v) is 6.13. The van der Waals surface area contributed by atoms with Crippen molar-refractivity contribution in [2.24, 2.45) is 4.99 Å². The molecule has 2 aromatic rings. The van der Waals surface area contributed by atoms with Gasteiger partial charge in [0.1, 0.15) is 5.75 Å². The summed E-state index contributed by atoms with van der Waals surface area (Å²) in [6, 6.07) is 9.56. The van der Waals surface area contributed by atoms with Gasteiger partial charge in [0.05, 0.1) is 6.54 Å². The number of hydrogen-bond acceptors (Lipinski definition) is 4. The third-order valence-electron chi connectivity index (χ3n) is 3.82. The summed E-state index contributed by atoms with van der Waals surface area (Å²) in [6.45, 7) is 7.51. The lowest BCUT2D eigenvalue weighted by atomic mass is 10.2. The first-order valence-corrected chi connectivity index (χ1v) is 9.69. The van der Waals surface area contributed by atoms with Crippen molar-refractivity contribution in [3.05, 3.63) is 48.3 Å². The van der Waals surface area contributed by atoms with E-state index < -0.39 is 0 Å². The Morgan fingerprint density at radius 1 is 1.18 bits per heavy atom. The highest BCUT2D eigenvalue weighted by Crippen LogP contribution is 2.14. The summed E-state index contributed by atoms with van der Waals surface area (Å²) in [7, 11) is 0. The number of carbonyl (C=O) groups excluding carboxylic acids is 1. The summed E-state index contributed by atoms with van der Waals surface area (Å²) in [5.74, 6) is 1.31. The number of benzene rings is 1. The van der Waals surface area contributed by atoms with Crippen molar-refractivity contribution in [2.45, 2.75) is 33.4 Å². The van der Waals surface area contributed by atoms with Crippen LogP contribution in [0, 0.1) is 0 Å². The molecule has 0 bridgehead atoms. The van der Waals surface area contributed by atoms with E-state index in [2.05, 4.69) is 26.0 Å². The van der Waals surface area contributed by atoms with Gasteiger partial charge in [-0.2, -0.15) is 5.10 Å². The van der Waals surface area contributed by atoms with Crippen molar-refractivity contribution in [1.29, 1.82) is 0 Å². The van der Waals surface area contributed by atoms with Gasteiger partial charge in [-0.15, -0.1) is 0 Å². The molecule has 1 amide bonds. The van der Waals surface area contributed by atoms with Gasteiger partial charge in [-0.3, -0.25) is 9.48 Å². The van der Waals surface area contributed by atoms with Crippen molar-refractivity contribution < 1.29 is 9.53 Å². The minimum absolute atomic E-state index is 0.0149. The number of nitrogens with zero attached hydrogens (tertiary/aromatic N) is 3. The summed E-state index contributed by atoms with van der Waals surface area (Å²) in [6.07, 6.45) is 4.70. The van der Waals surface area contributed by atoms with Gasteiger partial charge in [-0.25, -0.2) is 4.99 Å². The van der Waals surface area contributed by atoms with E-state index in [1.165, 1.54) is 0 Å². The van der Waals surface area contributed by atoms with Crippen LogP contribution in [0.25, 0.3) is 0 Å². The molecule has 0 radical (unpaired) electrons. The molecule has 0 fully saturated rings. The van der Waals surface area contributed by atoms with Crippen molar-refractivity contribution in [3.8, 4) is 5.75 Å². The molecule has 0 atom stereocenters. The summed E-state index contributed by atoms with van der Waals surface area (Å²) in [5.41, 5.74) is 1.02. The van der Waals surface area contributed by atoms with Crippen LogP contribution in [0.5, 0.6) is 5.75 Å². The minimum atomic E-state index is -0.125. The van der Waals surface area contributed by atoms with E-state index in [0.717, 1.165) is 37.6 Å². The van der Waals surface area contributed by atoms with Crippen LogP contribution in [-0.4, -0.2) is 47.9 Å². The number of aliphatic imine (C=N–C) groups is 1. The number of nitrogens with one attached hydrogen (secondary N) is 3. The molecule has 3 N–H and O–H groups in total. The average Bonchev–Trinajstić information content (AvgIpc) is 3.22. The lowest BCUT2D eigenvalue weighted by molar-refractivity contribution is -0.122. The molecule has 0 aliphatic heterocycles. The van der Waals surface area contributed by atoms with Crippen LogP contribution in [0.1, 0.15) is 25.8 Å². The number of aromatic nitrogens is 2. The Morgan fingerprint density at radius 2 is 2.04 bits per heavy atom. The maximum absolute atomic E-state index is 11.5. The number of guanidine groups is 1. The molecule has 0 spiro atoms. The van der Waals surface area contributed by atoms with E-state index in [4.69, 9.17) is 4.74 Å². The standard InChI is InChI=1S/C20H30N6O2/c1-3-21-19(27)16-28-18-9-5-8-17(14-18)15-24-20(22-4-2)23-10-6-12-26-13-7-11-25-26/h5,7-9,11,13-14H,3-4,6,10,12,15-16H2,1-2H3,(H,21,27)(H2,22,23,24). The molecule has 1 aromatic heterocycles. The number of likely N-dealkylation sites (N-methyl/N-ethyl adjacent to an activating group) is 1. The largest absolute Gasteiger partial charge is 0.484 e. The van der Waals surface area contributed by atoms with Gasteiger partial charge in [0.25, 0.3) is 5.91 Å². The van der Waals surface area contributed by atoms with Gasteiger partial charge in [0.15, 0.2) is 12.6 Å². The molecule has 0 unspecified atom stereocenters. The minimum Gasteiger partial charge on any atom is -0.484 e. The molecular formula is C20H30N6O2. The third kappa shape index (κ3) is 8.11. The third-order valence-corrected chi connectivity index (χ3v) is 3.82. The summed E-state index contributed by atoms with van der Waals surface area (Å²) in [5, 5.41) is 13.5. The highest BCUT2D eigenvalue weighted by Gasteiger charge is 2.03. The van der Waals surface area contributed by atoms with Gasteiger partial charge in [0, 0.05) is 38.6 Å². The number of amides is 1. The highest BCUT2D eigenvalue weighted by atomic mass is 16.5. The van der Waals surface area contributed by atoms with Crippen LogP contribution in [0.3, 0.4) is 0 Å². The van der Waals surface area contributed by atoms with E-state index in [0.29, 0.717) is 18.8 Å². The van der Waals surface area contributed by atoms with Gasteiger partial charge in [-0.05, 0) is 44.0 Å². The van der Waals surface area contributed by atoms with Crippen LogP contribution in [-0.2, 0) is 17.9 Å². The fraction of sp³-hybridized carbons (Fsp3) is 0.450. The Morgan fingerprint density at radius 3 is 2.79 bits per heavy atom. The van der Waals surface area contributed by atoms with Gasteiger partial charge >= 0.3 is 0 Å². The van der Waals surface area contributed by atoms with Gasteiger partial charge in [0.2, 0.25) is 0 Å². The van der Waals surface area contributed by atoms with Crippen molar-refractivity contribution in [3.63, 3.8) is 0 Å². The van der Waals surface area contributed by atoms with Gasteiger partial charge < -0.3 is 20.7 Å².